The number of aromatic hydroxyl groups is 2. The first kappa shape index (κ1) is 37.4. The van der Waals surface area contributed by atoms with Crippen molar-refractivity contribution in [1.29, 1.82) is 0 Å². The number of aromatic amines is 1. The molecule has 286 valence electrons. The lowest BCUT2D eigenvalue weighted by Crippen LogP contribution is -2.24. The summed E-state index contributed by atoms with van der Waals surface area (Å²) in [5, 5.41) is 30.1. The first-order chi connectivity index (χ1) is 26.7. The standard InChI is InChI=1S/C45H50N4O6/c1-4-29-11-13-38(55-28(2)50)22-37(52)23-42(32-12-14-43(53)44(20-32)54-3)49-26-33-8-6-10-41(40(33)27-49)48-45-21-31(15-16-47-45)39(30-7-5-9-36(51)18-30)19-35-25-46-24-34(35)17-29/h5-10,12,14-15,18,20-21,24-27,29,38-39,42,46-48,51,53H,4,11,13,16-17,19,22-23H2,1-3H3. The first-order valence-corrected chi connectivity index (χ1v) is 19.2. The van der Waals surface area contributed by atoms with Gasteiger partial charge in [0.2, 0.25) is 0 Å². The predicted octanol–water partition coefficient (Wildman–Crippen LogP) is 8.43. The summed E-state index contributed by atoms with van der Waals surface area (Å²) in [6.07, 6.45) is 16.2. The number of dihydropyridines is 1. The number of nitrogens with zero attached hydrogens (tertiary/aromatic N) is 1. The van der Waals surface area contributed by atoms with Crippen LogP contribution in [0.1, 0.15) is 80.2 Å². The molecule has 0 fully saturated rings. The molecule has 0 spiro atoms. The van der Waals surface area contributed by atoms with Crippen LogP contribution in [-0.4, -0.2) is 51.3 Å². The summed E-state index contributed by atoms with van der Waals surface area (Å²) in [6, 6.07) is 18.4. The Hall–Kier alpha value is -5.90. The maximum Gasteiger partial charge on any atom is 0.302 e. The summed E-state index contributed by atoms with van der Waals surface area (Å²) in [7, 11) is 1.51. The van der Waals surface area contributed by atoms with Crippen molar-refractivity contribution in [2.24, 2.45) is 5.92 Å². The molecule has 0 saturated heterocycles. The van der Waals surface area contributed by atoms with Gasteiger partial charge in [0.05, 0.1) is 13.2 Å². The number of nitrogens with one attached hydrogen (secondary N) is 3. The Kier molecular flexibility index (Phi) is 11.3. The van der Waals surface area contributed by atoms with Crippen LogP contribution in [0.2, 0.25) is 0 Å². The second-order valence-electron chi connectivity index (χ2n) is 14.8. The largest absolute Gasteiger partial charge is 0.508 e. The number of ketones is 1. The minimum atomic E-state index is -0.546. The molecule has 4 heterocycles. The SMILES string of the molecule is CCC1CCC(OC(C)=O)CC(=O)CC(c2ccc(O)c(OC)c2)n2cc3cccc(c3c2)NC2=CC(=CCN2)C(c2cccc(O)c2)Cc2c[nH]cc2C1. The molecule has 4 atom stereocenters. The average Bonchev–Trinajstić information content (AvgIpc) is 3.81. The van der Waals surface area contributed by atoms with Crippen LogP contribution in [-0.2, 0) is 27.2 Å². The van der Waals surface area contributed by atoms with Crippen molar-refractivity contribution in [2.75, 3.05) is 19.0 Å². The van der Waals surface area contributed by atoms with Gasteiger partial charge < -0.3 is 39.9 Å². The minimum absolute atomic E-state index is 0.0181. The molecule has 2 aromatic heterocycles. The molecule has 10 heteroatoms. The molecule has 10 nitrogen and oxygen atoms in total. The van der Waals surface area contributed by atoms with Crippen molar-refractivity contribution in [1.82, 2.24) is 14.9 Å². The van der Waals surface area contributed by atoms with Crippen LogP contribution in [0.3, 0.4) is 0 Å². The van der Waals surface area contributed by atoms with Crippen molar-refractivity contribution < 1.29 is 29.3 Å². The molecule has 2 aliphatic rings. The number of fused-ring (bicyclic) bond motifs is 3. The van der Waals surface area contributed by atoms with Crippen molar-refractivity contribution >= 4 is 28.2 Å². The Morgan fingerprint density at radius 2 is 1.75 bits per heavy atom. The molecule has 2 aliphatic heterocycles. The molecule has 0 saturated carbocycles. The zero-order valence-corrected chi connectivity index (χ0v) is 31.7. The van der Waals surface area contributed by atoms with Crippen LogP contribution in [0.5, 0.6) is 17.2 Å². The Balaban J connectivity index is 1.32. The third kappa shape index (κ3) is 8.75. The molecule has 5 aromatic rings. The van der Waals surface area contributed by atoms with Gasteiger partial charge in [0.25, 0.3) is 0 Å². The van der Waals surface area contributed by atoms with Gasteiger partial charge in [-0.15, -0.1) is 0 Å². The molecule has 4 unspecified atom stereocenters. The van der Waals surface area contributed by atoms with E-state index in [9.17, 15) is 19.8 Å². The number of ether oxygens (including phenoxy) is 2. The number of carbonyl (C=O) groups is 2. The van der Waals surface area contributed by atoms with Crippen LogP contribution in [0.4, 0.5) is 5.69 Å². The zero-order valence-electron chi connectivity index (χ0n) is 31.7. The molecular formula is C45H50N4O6. The van der Waals surface area contributed by atoms with Crippen molar-refractivity contribution in [3.63, 3.8) is 0 Å². The van der Waals surface area contributed by atoms with Crippen LogP contribution in [0.25, 0.3) is 10.8 Å². The predicted molar refractivity (Wildman–Crippen MR) is 214 cm³/mol. The van der Waals surface area contributed by atoms with E-state index in [1.807, 2.05) is 42.6 Å². The van der Waals surface area contributed by atoms with E-state index in [1.54, 1.807) is 18.2 Å². The van der Waals surface area contributed by atoms with Gasteiger partial charge in [-0.2, -0.15) is 0 Å². The lowest BCUT2D eigenvalue weighted by atomic mass is 9.82. The molecule has 55 heavy (non-hydrogen) atoms. The molecule has 5 N–H and O–H groups in total. The van der Waals surface area contributed by atoms with Crippen LogP contribution in [0.15, 0.2) is 109 Å². The number of hydrogen-bond donors (Lipinski definition) is 5. The number of esters is 1. The van der Waals surface area contributed by atoms with Gasteiger partial charge in [-0.3, -0.25) is 9.59 Å². The zero-order chi connectivity index (χ0) is 38.5. The maximum atomic E-state index is 14.0. The Morgan fingerprint density at radius 1 is 0.927 bits per heavy atom. The number of rotatable bonds is 5. The average molecular weight is 743 g/mol. The fourth-order valence-electron chi connectivity index (χ4n) is 8.17. The highest BCUT2D eigenvalue weighted by Crippen LogP contribution is 2.37. The Morgan fingerprint density at radius 3 is 2.53 bits per heavy atom. The van der Waals surface area contributed by atoms with E-state index >= 15 is 0 Å². The molecule has 0 radical (unpaired) electrons. The third-order valence-corrected chi connectivity index (χ3v) is 11.1. The van der Waals surface area contributed by atoms with Crippen LogP contribution < -0.4 is 15.4 Å². The minimum Gasteiger partial charge on any atom is -0.508 e. The second-order valence-corrected chi connectivity index (χ2v) is 14.8. The quantitative estimate of drug-likeness (QED) is 0.113. The summed E-state index contributed by atoms with van der Waals surface area (Å²) >= 11 is 0. The Labute approximate surface area is 321 Å². The van der Waals surface area contributed by atoms with Crippen LogP contribution in [0, 0.1) is 5.92 Å². The number of benzene rings is 3. The first-order valence-electron chi connectivity index (χ1n) is 19.2. The van der Waals surface area contributed by atoms with Gasteiger partial charge in [0.15, 0.2) is 11.5 Å². The lowest BCUT2D eigenvalue weighted by molar-refractivity contribution is -0.148. The number of phenolic OH excluding ortho intramolecular Hbond substituents is 2. The van der Waals surface area contributed by atoms with Gasteiger partial charge in [0.1, 0.15) is 23.5 Å². The van der Waals surface area contributed by atoms with E-state index in [-0.39, 0.29) is 36.0 Å². The van der Waals surface area contributed by atoms with E-state index in [4.69, 9.17) is 9.47 Å². The van der Waals surface area contributed by atoms with Gasteiger partial charge in [-0.05, 0) is 95.8 Å². The van der Waals surface area contributed by atoms with Gasteiger partial charge in [-0.25, -0.2) is 0 Å². The number of phenols is 2. The van der Waals surface area contributed by atoms with Gasteiger partial charge in [-0.1, -0.05) is 49.8 Å². The summed E-state index contributed by atoms with van der Waals surface area (Å²) in [5.74, 6) is 1.30. The number of methoxy groups -OCH3 is 1. The fourth-order valence-corrected chi connectivity index (χ4v) is 8.17. The molecule has 0 aliphatic carbocycles. The number of hydrogen-bond acceptors (Lipinski definition) is 8. The molecule has 7 rings (SSSR count). The highest BCUT2D eigenvalue weighted by Gasteiger charge is 2.27. The second kappa shape index (κ2) is 16.6. The van der Waals surface area contributed by atoms with E-state index < -0.39 is 18.1 Å². The van der Waals surface area contributed by atoms with Gasteiger partial charge >= 0.3 is 5.97 Å². The number of H-pyrrole nitrogens is 1. The molecule has 3 aromatic carbocycles. The molecule has 0 amide bonds. The topological polar surface area (TPSA) is 138 Å². The summed E-state index contributed by atoms with van der Waals surface area (Å²) in [4.78, 5) is 29.7. The lowest BCUT2D eigenvalue weighted by Gasteiger charge is -2.25. The van der Waals surface area contributed by atoms with Crippen LogP contribution >= 0.6 is 0 Å². The number of carbonyl (C=O) groups excluding carboxylic acids is 2. The van der Waals surface area contributed by atoms with Gasteiger partial charge in [0, 0.05) is 73.5 Å². The summed E-state index contributed by atoms with van der Waals surface area (Å²) in [6.45, 7) is 4.21. The number of allylic oxidation sites excluding steroid dienone is 2. The number of Topliss-reactive ketones (excluding diaryl/α,β-unsaturated/α-hetero) is 1. The normalized spacial score (nSPS) is 21.0. The van der Waals surface area contributed by atoms with Crippen molar-refractivity contribution in [3.8, 4) is 17.2 Å². The number of aromatic nitrogens is 2. The maximum absolute atomic E-state index is 14.0. The monoisotopic (exact) mass is 742 g/mol. The Bertz CT molecular complexity index is 2230. The number of anilines is 1. The highest BCUT2D eigenvalue weighted by atomic mass is 16.5. The summed E-state index contributed by atoms with van der Waals surface area (Å²) < 4.78 is 13.3. The molecule has 4 bridgehead atoms. The van der Waals surface area contributed by atoms with E-state index in [1.165, 1.54) is 25.2 Å². The third-order valence-electron chi connectivity index (χ3n) is 11.1. The smallest absolute Gasteiger partial charge is 0.302 e. The van der Waals surface area contributed by atoms with E-state index in [2.05, 4.69) is 63.9 Å². The molecular weight excluding hydrogens is 693 g/mol. The highest BCUT2D eigenvalue weighted by molar-refractivity contribution is 5.94. The fraction of sp³-hybridized carbons (Fsp3) is 0.333. The van der Waals surface area contributed by atoms with Crippen molar-refractivity contribution in [3.05, 3.63) is 131 Å². The summed E-state index contributed by atoms with van der Waals surface area (Å²) in [5.41, 5.74) is 6.34. The van der Waals surface area contributed by atoms with E-state index in [0.29, 0.717) is 24.6 Å². The van der Waals surface area contributed by atoms with E-state index in [0.717, 1.165) is 64.7 Å². The van der Waals surface area contributed by atoms with Crippen molar-refractivity contribution in [2.45, 2.75) is 76.9 Å².